The molecule has 1 amide bonds. The lowest BCUT2D eigenvalue weighted by Gasteiger charge is -2.40. The third kappa shape index (κ3) is 4.05. The lowest BCUT2D eigenvalue weighted by molar-refractivity contribution is -0.146. The second kappa shape index (κ2) is 7.34. The molecular weight excluding hydrogens is 362 g/mol. The number of carbonyl (C=O) groups excluding carboxylic acids is 2. The minimum absolute atomic E-state index is 0.0405. The van der Waals surface area contributed by atoms with Gasteiger partial charge in [0.1, 0.15) is 11.3 Å². The monoisotopic (exact) mass is 383 g/mol. The van der Waals surface area contributed by atoms with Crippen LogP contribution in [0.4, 0.5) is 0 Å². The maximum absolute atomic E-state index is 12.6. The van der Waals surface area contributed by atoms with Gasteiger partial charge in [-0.3, -0.25) is 4.79 Å². The van der Waals surface area contributed by atoms with Gasteiger partial charge in [0, 0.05) is 16.6 Å². The van der Waals surface area contributed by atoms with Gasteiger partial charge in [0.2, 0.25) is 0 Å². The number of phenolic OH excluding ortho intramolecular Hbond substituents is 1. The number of benzene rings is 1. The molecule has 1 fully saturated rings. The number of hydrogen-bond acceptors (Lipinski definition) is 4. The summed E-state index contributed by atoms with van der Waals surface area (Å²) in [6.07, 6.45) is 2.14. The quantitative estimate of drug-likeness (QED) is 0.811. The van der Waals surface area contributed by atoms with E-state index in [0.29, 0.717) is 4.47 Å². The van der Waals surface area contributed by atoms with Crippen LogP contribution in [-0.4, -0.2) is 40.1 Å². The van der Waals surface area contributed by atoms with Crippen LogP contribution >= 0.6 is 15.9 Å². The van der Waals surface area contributed by atoms with Crippen LogP contribution in [0.3, 0.4) is 0 Å². The average Bonchev–Trinajstić information content (AvgIpc) is 2.49. The Morgan fingerprint density at radius 3 is 2.52 bits per heavy atom. The van der Waals surface area contributed by atoms with Crippen molar-refractivity contribution in [1.29, 1.82) is 0 Å². The number of piperidine rings is 1. The molecule has 0 unspecified atom stereocenters. The molecule has 23 heavy (non-hydrogen) atoms. The number of halogens is 1. The summed E-state index contributed by atoms with van der Waals surface area (Å²) < 4.78 is 5.93. The van der Waals surface area contributed by atoms with Gasteiger partial charge in [-0.15, -0.1) is 0 Å². The normalized spacial score (nSPS) is 22.5. The molecule has 0 radical (unpaired) electrons. The van der Waals surface area contributed by atoms with Crippen molar-refractivity contribution >= 4 is 27.8 Å². The van der Waals surface area contributed by atoms with Crippen LogP contribution in [0.2, 0.25) is 0 Å². The van der Waals surface area contributed by atoms with Crippen molar-refractivity contribution in [3.8, 4) is 5.75 Å². The number of likely N-dealkylation sites (tertiary alicyclic amines) is 1. The van der Waals surface area contributed by atoms with Crippen molar-refractivity contribution in [3.05, 3.63) is 28.2 Å². The number of esters is 1. The van der Waals surface area contributed by atoms with Gasteiger partial charge in [-0.05, 0) is 58.2 Å². The van der Waals surface area contributed by atoms with E-state index in [4.69, 9.17) is 4.74 Å². The number of ether oxygens (including phenoxy) is 1. The lowest BCUT2D eigenvalue weighted by Crippen LogP contribution is -2.51. The van der Waals surface area contributed by atoms with E-state index < -0.39 is 12.1 Å². The first kappa shape index (κ1) is 17.8. The molecule has 0 saturated carbocycles. The molecular formula is C17H22BrNO4. The highest BCUT2D eigenvalue weighted by atomic mass is 79.9. The van der Waals surface area contributed by atoms with Crippen molar-refractivity contribution in [2.45, 2.75) is 58.2 Å². The van der Waals surface area contributed by atoms with Crippen LogP contribution in [0.25, 0.3) is 0 Å². The van der Waals surface area contributed by atoms with Crippen molar-refractivity contribution in [1.82, 2.24) is 4.90 Å². The Kier molecular flexibility index (Phi) is 5.68. The molecule has 0 aliphatic carbocycles. The van der Waals surface area contributed by atoms with Crippen molar-refractivity contribution in [3.63, 3.8) is 0 Å². The summed E-state index contributed by atoms with van der Waals surface area (Å²) in [4.78, 5) is 26.6. The molecule has 6 heteroatoms. The molecule has 1 aromatic rings. The van der Waals surface area contributed by atoms with Crippen molar-refractivity contribution < 1.29 is 19.4 Å². The number of hydrogen-bond donors (Lipinski definition) is 1. The molecule has 1 aliphatic heterocycles. The van der Waals surface area contributed by atoms with Gasteiger partial charge >= 0.3 is 5.97 Å². The fourth-order valence-corrected chi connectivity index (χ4v) is 3.37. The van der Waals surface area contributed by atoms with Gasteiger partial charge < -0.3 is 14.7 Å². The molecule has 0 aromatic heterocycles. The lowest BCUT2D eigenvalue weighted by atomic mass is 9.97. The van der Waals surface area contributed by atoms with Crippen LogP contribution < -0.4 is 0 Å². The first-order valence-electron chi connectivity index (χ1n) is 7.83. The highest BCUT2D eigenvalue weighted by Crippen LogP contribution is 2.25. The van der Waals surface area contributed by atoms with Crippen LogP contribution in [0, 0.1) is 0 Å². The number of amides is 1. The molecule has 2 rings (SSSR count). The SMILES string of the molecule is C[C@@H]1CCC[C@@H](C)N1C(=O)[C@@H](C)OC(=O)c1cc(Br)ccc1O. The van der Waals surface area contributed by atoms with Gasteiger partial charge in [-0.2, -0.15) is 0 Å². The van der Waals surface area contributed by atoms with Crippen LogP contribution in [0.1, 0.15) is 50.4 Å². The van der Waals surface area contributed by atoms with E-state index >= 15 is 0 Å². The second-order valence-electron chi connectivity index (χ2n) is 6.08. The van der Waals surface area contributed by atoms with E-state index in [2.05, 4.69) is 15.9 Å². The van der Waals surface area contributed by atoms with Crippen molar-refractivity contribution in [2.24, 2.45) is 0 Å². The largest absolute Gasteiger partial charge is 0.507 e. The summed E-state index contributed by atoms with van der Waals surface area (Å²) in [5.41, 5.74) is 0.0405. The fourth-order valence-electron chi connectivity index (χ4n) is 3.01. The highest BCUT2D eigenvalue weighted by molar-refractivity contribution is 9.10. The van der Waals surface area contributed by atoms with Crippen molar-refractivity contribution in [2.75, 3.05) is 0 Å². The Hall–Kier alpha value is -1.56. The average molecular weight is 384 g/mol. The summed E-state index contributed by atoms with van der Waals surface area (Å²) in [6.45, 7) is 5.60. The molecule has 3 atom stereocenters. The van der Waals surface area contributed by atoms with Gasteiger partial charge in [-0.1, -0.05) is 15.9 Å². The zero-order chi connectivity index (χ0) is 17.1. The number of carbonyl (C=O) groups is 2. The third-order valence-electron chi connectivity index (χ3n) is 4.26. The topological polar surface area (TPSA) is 66.8 Å². The van der Waals surface area contributed by atoms with Crippen LogP contribution in [-0.2, 0) is 9.53 Å². The van der Waals surface area contributed by atoms with E-state index in [1.165, 1.54) is 12.1 Å². The fraction of sp³-hybridized carbons (Fsp3) is 0.529. The highest BCUT2D eigenvalue weighted by Gasteiger charge is 2.33. The number of aromatic hydroxyl groups is 1. The summed E-state index contributed by atoms with van der Waals surface area (Å²) in [5, 5.41) is 9.77. The van der Waals surface area contributed by atoms with Crippen LogP contribution in [0.15, 0.2) is 22.7 Å². The molecule has 0 bridgehead atoms. The van der Waals surface area contributed by atoms with Gasteiger partial charge in [0.15, 0.2) is 6.10 Å². The maximum atomic E-state index is 12.6. The molecule has 1 heterocycles. The van der Waals surface area contributed by atoms with E-state index in [9.17, 15) is 14.7 Å². The molecule has 1 saturated heterocycles. The minimum atomic E-state index is -0.885. The minimum Gasteiger partial charge on any atom is -0.507 e. The third-order valence-corrected chi connectivity index (χ3v) is 4.75. The first-order valence-corrected chi connectivity index (χ1v) is 8.62. The second-order valence-corrected chi connectivity index (χ2v) is 7.00. The zero-order valence-corrected chi connectivity index (χ0v) is 15.2. The number of nitrogens with zero attached hydrogens (tertiary/aromatic N) is 1. The standard InChI is InChI=1S/C17H22BrNO4/c1-10-5-4-6-11(2)19(10)16(21)12(3)23-17(22)14-9-13(18)7-8-15(14)20/h7-12,20H,4-6H2,1-3H3/t10-,11-,12-/m1/s1. The Balaban J connectivity index is 2.08. The molecule has 126 valence electrons. The molecule has 5 nitrogen and oxygen atoms in total. The zero-order valence-electron chi connectivity index (χ0n) is 13.6. The predicted molar refractivity (Wildman–Crippen MR) is 90.3 cm³/mol. The summed E-state index contributed by atoms with van der Waals surface area (Å²) in [6, 6.07) is 4.79. The molecule has 0 spiro atoms. The van der Waals surface area contributed by atoms with Gasteiger partial charge in [-0.25, -0.2) is 4.79 Å². The molecule has 1 N–H and O–H groups in total. The van der Waals surface area contributed by atoms with E-state index in [-0.39, 0.29) is 29.3 Å². The summed E-state index contributed by atoms with van der Waals surface area (Å²) in [5.74, 6) is -1.06. The summed E-state index contributed by atoms with van der Waals surface area (Å²) >= 11 is 3.24. The Bertz CT molecular complexity index is 594. The van der Waals surface area contributed by atoms with E-state index in [1.807, 2.05) is 18.7 Å². The molecule has 1 aromatic carbocycles. The Morgan fingerprint density at radius 2 is 1.91 bits per heavy atom. The molecule has 1 aliphatic rings. The van der Waals surface area contributed by atoms with Gasteiger partial charge in [0.05, 0.1) is 0 Å². The van der Waals surface area contributed by atoms with E-state index in [1.54, 1.807) is 13.0 Å². The van der Waals surface area contributed by atoms with Gasteiger partial charge in [0.25, 0.3) is 5.91 Å². The Labute approximate surface area is 144 Å². The maximum Gasteiger partial charge on any atom is 0.342 e. The van der Waals surface area contributed by atoms with Crippen LogP contribution in [0.5, 0.6) is 5.75 Å². The first-order chi connectivity index (χ1) is 10.8. The Morgan fingerprint density at radius 1 is 1.30 bits per heavy atom. The van der Waals surface area contributed by atoms with E-state index in [0.717, 1.165) is 19.3 Å². The number of rotatable bonds is 3. The predicted octanol–water partition coefficient (Wildman–Crippen LogP) is 3.49. The summed E-state index contributed by atoms with van der Waals surface area (Å²) in [7, 11) is 0. The number of phenols is 1. The smallest absolute Gasteiger partial charge is 0.342 e.